The van der Waals surface area contributed by atoms with Crippen molar-refractivity contribution >= 4 is 7.98 Å². The van der Waals surface area contributed by atoms with E-state index in [1.54, 1.807) is 6.92 Å². The Morgan fingerprint density at radius 3 is 1.94 bits per heavy atom. The summed E-state index contributed by atoms with van der Waals surface area (Å²) >= 11 is 0. The van der Waals surface area contributed by atoms with E-state index in [2.05, 4.69) is 5.23 Å². The lowest BCUT2D eigenvalue weighted by molar-refractivity contribution is -0.315. The molecule has 1 aliphatic carbocycles. The number of aliphatic hydroxyl groups excluding tert-OH is 6. The molecular formula is C19H37BN4O10. The summed E-state index contributed by atoms with van der Waals surface area (Å²) in [6.45, 7) is 2.96. The molecule has 14 nitrogen and oxygen atoms in total. The maximum atomic E-state index is 10.9. The van der Waals surface area contributed by atoms with Gasteiger partial charge in [0.25, 0.3) is 0 Å². The van der Waals surface area contributed by atoms with Crippen LogP contribution in [0.1, 0.15) is 20.3 Å². The van der Waals surface area contributed by atoms with Crippen molar-refractivity contribution in [3.63, 3.8) is 0 Å². The van der Waals surface area contributed by atoms with E-state index in [-0.39, 0.29) is 6.42 Å². The lowest BCUT2D eigenvalue weighted by atomic mass is 9.83. The molecule has 2 aliphatic heterocycles. The summed E-state index contributed by atoms with van der Waals surface area (Å²) in [4.78, 5) is 0. The summed E-state index contributed by atoms with van der Waals surface area (Å²) in [5, 5.41) is 64.4. The van der Waals surface area contributed by atoms with E-state index in [4.69, 9.17) is 44.1 Å². The van der Waals surface area contributed by atoms with Gasteiger partial charge in [0.05, 0.1) is 18.2 Å². The number of hydrogen-bond donors (Lipinski definition) is 10. The van der Waals surface area contributed by atoms with Gasteiger partial charge in [0.2, 0.25) is 0 Å². The standard InChI is InChI=1S/C19H37BN4O10/c1-4(21)14-12(29)13(30)19(31-14)34-17-9(26)7(24-20)3-6(22)16(17)33-18-8(23)10(27)11(28)15(32-18)5(2)25/h4-19,24-30H,3,21-23H2,1-2H3/t4-,5-,6?,7?,8?,9?,10?,11?,12?,13?,14?,15?,16?,17?,18?,19?/m1/s1. The molecule has 13 N–H and O–H groups in total. The Bertz CT molecular complexity index is 669. The Kier molecular flexibility index (Phi) is 9.31. The van der Waals surface area contributed by atoms with Crippen LogP contribution in [0.5, 0.6) is 0 Å². The van der Waals surface area contributed by atoms with Crippen LogP contribution in [-0.2, 0) is 18.9 Å². The van der Waals surface area contributed by atoms with Gasteiger partial charge in [-0.2, -0.15) is 0 Å². The molecule has 0 spiro atoms. The fourth-order valence-electron chi connectivity index (χ4n) is 4.70. The molecule has 0 bridgehead atoms. The van der Waals surface area contributed by atoms with Gasteiger partial charge in [-0.15, -0.1) is 0 Å². The summed E-state index contributed by atoms with van der Waals surface area (Å²) in [7, 11) is 5.54. The summed E-state index contributed by atoms with van der Waals surface area (Å²) < 4.78 is 23.0. The van der Waals surface area contributed by atoms with Gasteiger partial charge in [-0.25, -0.2) is 0 Å². The molecule has 14 unspecified atom stereocenters. The molecule has 1 saturated carbocycles. The first-order chi connectivity index (χ1) is 15.9. The highest BCUT2D eigenvalue weighted by molar-refractivity contribution is 6.04. The van der Waals surface area contributed by atoms with Crippen LogP contribution in [0.4, 0.5) is 0 Å². The summed E-state index contributed by atoms with van der Waals surface area (Å²) in [6.07, 6.45) is -15.3. The predicted octanol–water partition coefficient (Wildman–Crippen LogP) is -6.16. The van der Waals surface area contributed by atoms with Crippen LogP contribution >= 0.6 is 0 Å². The van der Waals surface area contributed by atoms with Crippen molar-refractivity contribution < 1.29 is 49.6 Å². The van der Waals surface area contributed by atoms with Gasteiger partial charge in [-0.3, -0.25) is 0 Å². The maximum absolute atomic E-state index is 10.9. The first-order valence-corrected chi connectivity index (χ1v) is 11.3. The minimum Gasteiger partial charge on any atom is -0.391 e. The second kappa shape index (κ2) is 11.3. The number of rotatable bonds is 7. The highest BCUT2D eigenvalue weighted by Gasteiger charge is 2.53. The fourth-order valence-corrected chi connectivity index (χ4v) is 4.70. The van der Waals surface area contributed by atoms with Gasteiger partial charge in [0, 0.05) is 18.1 Å². The van der Waals surface area contributed by atoms with Gasteiger partial charge in [-0.1, -0.05) is 0 Å². The SMILES string of the molecule is [B]NC1CC(N)C(OC2OC([C@@H](C)O)C(O)C(O)C2N)C(OC2OC([C@@H](C)N)C(O)C2O)C1O. The van der Waals surface area contributed by atoms with Crippen molar-refractivity contribution in [2.24, 2.45) is 17.2 Å². The molecule has 2 radical (unpaired) electrons. The third-order valence-corrected chi connectivity index (χ3v) is 6.75. The monoisotopic (exact) mass is 492 g/mol. The topological polar surface area (TPSA) is 248 Å². The van der Waals surface area contributed by atoms with E-state index in [0.29, 0.717) is 0 Å². The average molecular weight is 492 g/mol. The molecule has 0 aromatic heterocycles. The zero-order chi connectivity index (χ0) is 25.5. The molecule has 3 rings (SSSR count). The van der Waals surface area contributed by atoms with Crippen molar-refractivity contribution in [1.82, 2.24) is 5.23 Å². The Labute approximate surface area is 198 Å². The maximum Gasteiger partial charge on any atom is 0.187 e. The first-order valence-electron chi connectivity index (χ1n) is 11.3. The zero-order valence-corrected chi connectivity index (χ0v) is 19.1. The molecule has 0 aromatic rings. The molecular weight excluding hydrogens is 455 g/mol. The zero-order valence-electron chi connectivity index (χ0n) is 19.1. The van der Waals surface area contributed by atoms with Crippen molar-refractivity contribution in [3.05, 3.63) is 0 Å². The van der Waals surface area contributed by atoms with Crippen LogP contribution in [-0.4, -0.2) is 136 Å². The van der Waals surface area contributed by atoms with E-state index < -0.39 is 97.8 Å². The number of nitrogens with two attached hydrogens (primary N) is 3. The van der Waals surface area contributed by atoms with E-state index in [9.17, 15) is 30.6 Å². The number of hydrogen-bond acceptors (Lipinski definition) is 14. The highest BCUT2D eigenvalue weighted by atomic mass is 16.7. The van der Waals surface area contributed by atoms with Crippen molar-refractivity contribution in [3.8, 4) is 0 Å². The minimum absolute atomic E-state index is 0.147. The number of ether oxygens (including phenoxy) is 4. The highest BCUT2D eigenvalue weighted by Crippen LogP contribution is 2.33. The van der Waals surface area contributed by atoms with Gasteiger partial charge in [0.15, 0.2) is 20.6 Å². The molecule has 16 atom stereocenters. The largest absolute Gasteiger partial charge is 0.391 e. The van der Waals surface area contributed by atoms with Gasteiger partial charge < -0.3 is 72.0 Å². The Balaban J connectivity index is 1.82. The van der Waals surface area contributed by atoms with Gasteiger partial charge in [0.1, 0.15) is 48.8 Å². The molecule has 3 fully saturated rings. The molecule has 15 heteroatoms. The van der Waals surface area contributed by atoms with Crippen LogP contribution in [0.15, 0.2) is 0 Å². The van der Waals surface area contributed by atoms with Gasteiger partial charge >= 0.3 is 0 Å². The quantitative estimate of drug-likeness (QED) is 0.149. The van der Waals surface area contributed by atoms with E-state index in [1.165, 1.54) is 6.92 Å². The van der Waals surface area contributed by atoms with Gasteiger partial charge in [-0.05, 0) is 20.3 Å². The molecule has 34 heavy (non-hydrogen) atoms. The fraction of sp³-hybridized carbons (Fsp3) is 1.00. The third kappa shape index (κ3) is 5.43. The average Bonchev–Trinajstić information content (AvgIpc) is 3.06. The van der Waals surface area contributed by atoms with Crippen LogP contribution in [0.2, 0.25) is 0 Å². The summed E-state index contributed by atoms with van der Waals surface area (Å²) in [5.74, 6) is 0. The predicted molar refractivity (Wildman–Crippen MR) is 116 cm³/mol. The minimum atomic E-state index is -1.48. The molecule has 3 aliphatic rings. The number of nitrogens with one attached hydrogen (secondary N) is 1. The summed E-state index contributed by atoms with van der Waals surface area (Å²) in [6, 6.07) is -3.36. The Morgan fingerprint density at radius 1 is 0.853 bits per heavy atom. The van der Waals surface area contributed by atoms with Crippen LogP contribution < -0.4 is 22.4 Å². The van der Waals surface area contributed by atoms with Crippen molar-refractivity contribution in [2.45, 2.75) is 118 Å². The Morgan fingerprint density at radius 2 is 1.41 bits per heavy atom. The van der Waals surface area contributed by atoms with Crippen LogP contribution in [0.25, 0.3) is 0 Å². The molecule has 2 saturated heterocycles. The number of aliphatic hydroxyl groups is 6. The molecule has 196 valence electrons. The first kappa shape index (κ1) is 28.1. The normalized spacial score (nSPS) is 51.9. The third-order valence-electron chi connectivity index (χ3n) is 6.75. The van der Waals surface area contributed by atoms with E-state index in [1.807, 2.05) is 0 Å². The van der Waals surface area contributed by atoms with E-state index in [0.717, 1.165) is 0 Å². The second-order valence-electron chi connectivity index (χ2n) is 9.44. The molecule has 0 amide bonds. The second-order valence-corrected chi connectivity index (χ2v) is 9.44. The van der Waals surface area contributed by atoms with Crippen molar-refractivity contribution in [2.75, 3.05) is 0 Å². The lowest BCUT2D eigenvalue weighted by Crippen LogP contribution is -2.68. The molecule has 0 aromatic carbocycles. The van der Waals surface area contributed by atoms with E-state index >= 15 is 0 Å². The lowest BCUT2D eigenvalue weighted by Gasteiger charge is -2.48. The smallest absolute Gasteiger partial charge is 0.187 e. The Hall–Kier alpha value is -0.495. The van der Waals surface area contributed by atoms with Crippen molar-refractivity contribution in [1.29, 1.82) is 0 Å². The molecule has 2 heterocycles. The summed E-state index contributed by atoms with van der Waals surface area (Å²) in [5.41, 5.74) is 18.1. The van der Waals surface area contributed by atoms with Crippen LogP contribution in [0, 0.1) is 0 Å². The van der Waals surface area contributed by atoms with Crippen LogP contribution in [0.3, 0.4) is 0 Å².